The maximum Gasteiger partial charge on any atom is 0.329 e. The van der Waals surface area contributed by atoms with Gasteiger partial charge in [-0.2, -0.15) is 5.10 Å². The fraction of sp³-hybridized carbons (Fsp3) is 0.185. The van der Waals surface area contributed by atoms with Crippen LogP contribution in [0.15, 0.2) is 71.8 Å². The number of carbonyl (C=O) groups is 3. The molecule has 0 aliphatic rings. The number of carbonyl (C=O) groups excluding carboxylic acids is 3. The van der Waals surface area contributed by atoms with Crippen molar-refractivity contribution >= 4 is 41.2 Å². The fourth-order valence-electron chi connectivity index (χ4n) is 3.06. The predicted molar refractivity (Wildman–Crippen MR) is 140 cm³/mol. The van der Waals surface area contributed by atoms with Gasteiger partial charge in [-0.05, 0) is 60.4 Å². The third kappa shape index (κ3) is 8.25. The first-order valence-electron chi connectivity index (χ1n) is 11.3. The van der Waals surface area contributed by atoms with Gasteiger partial charge in [0.1, 0.15) is 5.75 Å². The molecule has 0 spiro atoms. The van der Waals surface area contributed by atoms with Crippen molar-refractivity contribution in [1.82, 2.24) is 10.7 Å². The summed E-state index contributed by atoms with van der Waals surface area (Å²) in [6.07, 6.45) is 2.26. The summed E-state index contributed by atoms with van der Waals surface area (Å²) in [6, 6.07) is 20.0. The lowest BCUT2D eigenvalue weighted by molar-refractivity contribution is -0.139. The Balaban J connectivity index is 1.43. The number of ether oxygens (including phenoxy) is 1. The molecule has 0 aromatic heterocycles. The van der Waals surface area contributed by atoms with Gasteiger partial charge >= 0.3 is 11.8 Å². The molecule has 0 fully saturated rings. The minimum Gasteiger partial charge on any atom is -0.482 e. The zero-order valence-corrected chi connectivity index (χ0v) is 20.8. The number of rotatable bonds is 9. The Morgan fingerprint density at radius 1 is 0.944 bits per heavy atom. The Morgan fingerprint density at radius 2 is 1.64 bits per heavy atom. The van der Waals surface area contributed by atoms with E-state index in [1.807, 2.05) is 55.5 Å². The van der Waals surface area contributed by atoms with E-state index in [2.05, 4.69) is 28.1 Å². The van der Waals surface area contributed by atoms with Crippen molar-refractivity contribution in [3.63, 3.8) is 0 Å². The van der Waals surface area contributed by atoms with Gasteiger partial charge in [0.2, 0.25) is 0 Å². The van der Waals surface area contributed by atoms with Crippen LogP contribution < -0.4 is 20.8 Å². The zero-order valence-electron chi connectivity index (χ0n) is 20.0. The molecule has 0 radical (unpaired) electrons. The molecule has 0 heterocycles. The standard InChI is InChI=1S/C27H27ClN4O4/c1-3-19-8-11-22(12-9-19)31-25(33)17-36-24-13-10-21(14-23(24)28)16-30-32-27(35)26(34)29-15-20-6-4-18(2)5-7-20/h4-14,16H,3,15,17H2,1-2H3,(H,29,34)(H,31,33)(H,32,35)/b30-16-. The van der Waals surface area contributed by atoms with E-state index in [0.717, 1.165) is 17.5 Å². The maximum atomic E-state index is 12.1. The number of anilines is 1. The number of amides is 3. The van der Waals surface area contributed by atoms with Gasteiger partial charge in [0.25, 0.3) is 5.91 Å². The van der Waals surface area contributed by atoms with E-state index in [-0.39, 0.29) is 24.1 Å². The molecule has 9 heteroatoms. The van der Waals surface area contributed by atoms with E-state index < -0.39 is 11.8 Å². The van der Waals surface area contributed by atoms with Crippen molar-refractivity contribution in [2.75, 3.05) is 11.9 Å². The van der Waals surface area contributed by atoms with Crippen LogP contribution in [-0.2, 0) is 27.3 Å². The summed E-state index contributed by atoms with van der Waals surface area (Å²) in [7, 11) is 0. The minimum absolute atomic E-state index is 0.212. The van der Waals surface area contributed by atoms with Crippen LogP contribution in [0.4, 0.5) is 5.69 Å². The third-order valence-corrected chi connectivity index (χ3v) is 5.42. The molecule has 3 N–H and O–H groups in total. The molecular formula is C27H27ClN4O4. The molecule has 186 valence electrons. The number of hydrogen-bond acceptors (Lipinski definition) is 5. The fourth-order valence-corrected chi connectivity index (χ4v) is 3.31. The van der Waals surface area contributed by atoms with Crippen molar-refractivity contribution in [2.24, 2.45) is 5.10 Å². The highest BCUT2D eigenvalue weighted by atomic mass is 35.5. The number of halogens is 1. The molecule has 36 heavy (non-hydrogen) atoms. The molecule has 3 amide bonds. The van der Waals surface area contributed by atoms with E-state index in [0.29, 0.717) is 17.0 Å². The second kappa shape index (κ2) is 13.1. The van der Waals surface area contributed by atoms with Crippen molar-refractivity contribution in [3.8, 4) is 5.75 Å². The monoisotopic (exact) mass is 506 g/mol. The first kappa shape index (κ1) is 26.4. The molecule has 3 rings (SSSR count). The molecule has 0 unspecified atom stereocenters. The van der Waals surface area contributed by atoms with E-state index >= 15 is 0 Å². The second-order valence-corrected chi connectivity index (χ2v) is 8.35. The lowest BCUT2D eigenvalue weighted by Crippen LogP contribution is -2.37. The first-order chi connectivity index (χ1) is 17.3. The average molecular weight is 507 g/mol. The number of aryl methyl sites for hydroxylation is 2. The summed E-state index contributed by atoms with van der Waals surface area (Å²) in [5, 5.41) is 9.34. The Hall–Kier alpha value is -4.17. The summed E-state index contributed by atoms with van der Waals surface area (Å²) in [4.78, 5) is 36.0. The molecule has 0 aliphatic heterocycles. The topological polar surface area (TPSA) is 109 Å². The normalized spacial score (nSPS) is 10.6. The minimum atomic E-state index is -0.889. The number of hydrazone groups is 1. The van der Waals surface area contributed by atoms with Crippen LogP contribution in [0.1, 0.15) is 29.2 Å². The van der Waals surface area contributed by atoms with Crippen molar-refractivity contribution in [1.29, 1.82) is 0 Å². The van der Waals surface area contributed by atoms with Crippen molar-refractivity contribution in [2.45, 2.75) is 26.8 Å². The average Bonchev–Trinajstić information content (AvgIpc) is 2.88. The zero-order chi connectivity index (χ0) is 25.9. The lowest BCUT2D eigenvalue weighted by atomic mass is 10.1. The van der Waals surface area contributed by atoms with Crippen molar-refractivity contribution < 1.29 is 19.1 Å². The number of benzene rings is 3. The summed E-state index contributed by atoms with van der Waals surface area (Å²) in [6.45, 7) is 4.05. The molecule has 3 aromatic rings. The Kier molecular flexibility index (Phi) is 9.59. The van der Waals surface area contributed by atoms with Gasteiger partial charge in [0.05, 0.1) is 11.2 Å². The molecule has 0 saturated carbocycles. The van der Waals surface area contributed by atoms with E-state index in [9.17, 15) is 14.4 Å². The van der Waals surface area contributed by atoms with E-state index in [1.54, 1.807) is 18.2 Å². The number of nitrogens with zero attached hydrogens (tertiary/aromatic N) is 1. The smallest absolute Gasteiger partial charge is 0.329 e. The van der Waals surface area contributed by atoms with Gasteiger partial charge in [-0.1, -0.05) is 60.5 Å². The number of hydrogen-bond donors (Lipinski definition) is 3. The van der Waals surface area contributed by atoms with Gasteiger partial charge < -0.3 is 15.4 Å². The van der Waals surface area contributed by atoms with Gasteiger partial charge in [-0.25, -0.2) is 5.43 Å². The summed E-state index contributed by atoms with van der Waals surface area (Å²) < 4.78 is 5.50. The van der Waals surface area contributed by atoms with Crippen LogP contribution in [0.25, 0.3) is 0 Å². The molecule has 0 atom stereocenters. The summed E-state index contributed by atoms with van der Waals surface area (Å²) >= 11 is 6.24. The molecular weight excluding hydrogens is 480 g/mol. The van der Waals surface area contributed by atoms with Crippen molar-refractivity contribution in [3.05, 3.63) is 94.0 Å². The lowest BCUT2D eigenvalue weighted by Gasteiger charge is -2.09. The quantitative estimate of drug-likeness (QED) is 0.231. The predicted octanol–water partition coefficient (Wildman–Crippen LogP) is 3.99. The van der Waals surface area contributed by atoms with E-state index in [4.69, 9.17) is 16.3 Å². The van der Waals surface area contributed by atoms with Crippen LogP contribution >= 0.6 is 11.6 Å². The Labute approximate surface area is 214 Å². The second-order valence-electron chi connectivity index (χ2n) is 7.94. The SMILES string of the molecule is CCc1ccc(NC(=O)COc2ccc(/C=N\NC(=O)C(=O)NCc3ccc(C)cc3)cc2Cl)cc1. The van der Waals surface area contributed by atoms with Crippen LogP contribution in [0, 0.1) is 6.92 Å². The molecule has 3 aromatic carbocycles. The van der Waals surface area contributed by atoms with Crippen LogP contribution in [0.3, 0.4) is 0 Å². The maximum absolute atomic E-state index is 12.1. The van der Waals surface area contributed by atoms with Gasteiger partial charge in [0, 0.05) is 12.2 Å². The highest BCUT2D eigenvalue weighted by Crippen LogP contribution is 2.25. The molecule has 0 saturated heterocycles. The van der Waals surface area contributed by atoms with Crippen LogP contribution in [0.5, 0.6) is 5.75 Å². The Bertz CT molecular complexity index is 1240. The molecule has 8 nitrogen and oxygen atoms in total. The summed E-state index contributed by atoms with van der Waals surface area (Å²) in [5.41, 5.74) is 6.59. The molecule has 0 bridgehead atoms. The van der Waals surface area contributed by atoms with Crippen LogP contribution in [-0.4, -0.2) is 30.5 Å². The molecule has 0 aliphatic carbocycles. The highest BCUT2D eigenvalue weighted by Gasteiger charge is 2.12. The van der Waals surface area contributed by atoms with Gasteiger partial charge in [-0.15, -0.1) is 0 Å². The van der Waals surface area contributed by atoms with Gasteiger partial charge in [-0.3, -0.25) is 14.4 Å². The van der Waals surface area contributed by atoms with E-state index in [1.165, 1.54) is 11.8 Å². The number of nitrogens with one attached hydrogen (secondary N) is 3. The largest absolute Gasteiger partial charge is 0.482 e. The van der Waals surface area contributed by atoms with Crippen LogP contribution in [0.2, 0.25) is 5.02 Å². The first-order valence-corrected chi connectivity index (χ1v) is 11.7. The highest BCUT2D eigenvalue weighted by molar-refractivity contribution is 6.35. The van der Waals surface area contributed by atoms with Gasteiger partial charge in [0.15, 0.2) is 6.61 Å². The third-order valence-electron chi connectivity index (χ3n) is 5.12. The Morgan fingerprint density at radius 3 is 2.31 bits per heavy atom. The summed E-state index contributed by atoms with van der Waals surface area (Å²) in [5.74, 6) is -1.68.